The zero-order chi connectivity index (χ0) is 24.2. The molecule has 0 bridgehead atoms. The average Bonchev–Trinajstić information content (AvgIpc) is 2.82. The summed E-state index contributed by atoms with van der Waals surface area (Å²) in [7, 11) is 1.61. The van der Waals surface area contributed by atoms with Crippen LogP contribution in [0.15, 0.2) is 48.5 Å². The van der Waals surface area contributed by atoms with E-state index in [0.717, 1.165) is 17.7 Å². The summed E-state index contributed by atoms with van der Waals surface area (Å²) in [5.74, 6) is 1.27. The number of carbonyl (C=O) groups excluding carboxylic acids is 2. The number of nitrogens with one attached hydrogen (secondary N) is 1. The Labute approximate surface area is 202 Å². The van der Waals surface area contributed by atoms with Gasteiger partial charge in [-0.1, -0.05) is 37.6 Å². The maximum Gasteiger partial charge on any atom is 0.243 e. The van der Waals surface area contributed by atoms with E-state index in [2.05, 4.69) is 5.32 Å². The van der Waals surface area contributed by atoms with Gasteiger partial charge in [-0.2, -0.15) is 0 Å². The molecule has 0 unspecified atom stereocenters. The molecule has 33 heavy (non-hydrogen) atoms. The van der Waals surface area contributed by atoms with Crippen LogP contribution in [-0.2, 0) is 16.1 Å². The van der Waals surface area contributed by atoms with Crippen LogP contribution in [0, 0.1) is 0 Å². The van der Waals surface area contributed by atoms with Crippen molar-refractivity contribution < 1.29 is 19.1 Å². The molecule has 0 spiro atoms. The van der Waals surface area contributed by atoms with Gasteiger partial charge in [-0.05, 0) is 68.1 Å². The highest BCUT2D eigenvalue weighted by Gasteiger charge is 2.28. The van der Waals surface area contributed by atoms with Crippen molar-refractivity contribution in [2.75, 3.05) is 13.7 Å². The summed E-state index contributed by atoms with van der Waals surface area (Å²) >= 11 is 5.90. The lowest BCUT2D eigenvalue weighted by atomic mass is 10.1. The molecule has 6 nitrogen and oxygen atoms in total. The summed E-state index contributed by atoms with van der Waals surface area (Å²) < 4.78 is 10.9. The highest BCUT2D eigenvalue weighted by molar-refractivity contribution is 6.30. The first-order chi connectivity index (χ1) is 15.9. The van der Waals surface area contributed by atoms with Gasteiger partial charge in [0, 0.05) is 24.0 Å². The van der Waals surface area contributed by atoms with Crippen LogP contribution in [0.5, 0.6) is 11.5 Å². The van der Waals surface area contributed by atoms with Gasteiger partial charge in [0.25, 0.3) is 0 Å². The van der Waals surface area contributed by atoms with E-state index in [1.807, 2.05) is 45.0 Å². The molecular formula is C26H35ClN2O4. The van der Waals surface area contributed by atoms with Crippen molar-refractivity contribution in [2.24, 2.45) is 0 Å². The Kier molecular flexibility index (Phi) is 11.0. The fourth-order valence-electron chi connectivity index (χ4n) is 3.38. The summed E-state index contributed by atoms with van der Waals surface area (Å²) in [6.45, 7) is 6.67. The molecular weight excluding hydrogens is 440 g/mol. The van der Waals surface area contributed by atoms with Crippen LogP contribution in [-0.4, -0.2) is 42.5 Å². The zero-order valence-electron chi connectivity index (χ0n) is 20.0. The fraction of sp³-hybridized carbons (Fsp3) is 0.462. The molecule has 7 heteroatoms. The van der Waals surface area contributed by atoms with Gasteiger partial charge in [0.15, 0.2) is 0 Å². The molecule has 2 atom stereocenters. The van der Waals surface area contributed by atoms with Crippen molar-refractivity contribution in [1.29, 1.82) is 0 Å². The number of hydrogen-bond acceptors (Lipinski definition) is 4. The van der Waals surface area contributed by atoms with Gasteiger partial charge in [-0.25, -0.2) is 0 Å². The Bertz CT molecular complexity index is 871. The Balaban J connectivity index is 2.07. The Hall–Kier alpha value is -2.73. The zero-order valence-corrected chi connectivity index (χ0v) is 20.7. The van der Waals surface area contributed by atoms with Crippen molar-refractivity contribution in [2.45, 2.75) is 65.1 Å². The minimum absolute atomic E-state index is 0.0530. The van der Waals surface area contributed by atoms with E-state index in [0.29, 0.717) is 36.8 Å². The molecule has 0 aliphatic heterocycles. The van der Waals surface area contributed by atoms with E-state index in [-0.39, 0.29) is 24.3 Å². The molecule has 0 saturated heterocycles. The molecule has 0 aliphatic carbocycles. The molecule has 180 valence electrons. The number of ether oxygens (including phenoxy) is 2. The number of rotatable bonds is 13. The molecule has 0 aromatic heterocycles. The SMILES string of the molecule is CC[C@@H](C)NC(=O)[C@@H](CC)N(Cc1ccc(OC)cc1)C(=O)CCCOc1ccc(Cl)cc1. The van der Waals surface area contributed by atoms with Crippen molar-refractivity contribution >= 4 is 23.4 Å². The van der Waals surface area contributed by atoms with Crippen LogP contribution in [0.2, 0.25) is 5.02 Å². The first-order valence-electron chi connectivity index (χ1n) is 11.5. The van der Waals surface area contributed by atoms with Crippen LogP contribution >= 0.6 is 11.6 Å². The van der Waals surface area contributed by atoms with E-state index in [9.17, 15) is 9.59 Å². The normalized spacial score (nSPS) is 12.5. The number of nitrogens with zero attached hydrogens (tertiary/aromatic N) is 1. The third-order valence-electron chi connectivity index (χ3n) is 5.52. The van der Waals surface area contributed by atoms with Gasteiger partial charge in [0.1, 0.15) is 17.5 Å². The number of amides is 2. The highest BCUT2D eigenvalue weighted by Crippen LogP contribution is 2.19. The molecule has 0 saturated carbocycles. The van der Waals surface area contributed by atoms with Crippen molar-refractivity contribution in [3.05, 3.63) is 59.1 Å². The van der Waals surface area contributed by atoms with Gasteiger partial charge < -0.3 is 19.7 Å². The predicted molar refractivity (Wildman–Crippen MR) is 132 cm³/mol. The van der Waals surface area contributed by atoms with Crippen LogP contribution in [0.4, 0.5) is 0 Å². The first kappa shape index (κ1) is 26.5. The summed E-state index contributed by atoms with van der Waals surface area (Å²) in [6.07, 6.45) is 2.20. The van der Waals surface area contributed by atoms with Gasteiger partial charge in [-0.3, -0.25) is 9.59 Å². The largest absolute Gasteiger partial charge is 0.497 e. The van der Waals surface area contributed by atoms with Crippen LogP contribution < -0.4 is 14.8 Å². The number of halogens is 1. The van der Waals surface area contributed by atoms with Crippen molar-refractivity contribution in [1.82, 2.24) is 10.2 Å². The highest BCUT2D eigenvalue weighted by atomic mass is 35.5. The minimum atomic E-state index is -0.536. The molecule has 0 radical (unpaired) electrons. The third-order valence-corrected chi connectivity index (χ3v) is 5.77. The quantitative estimate of drug-likeness (QED) is 0.403. The summed E-state index contributed by atoms with van der Waals surface area (Å²) in [5, 5.41) is 3.67. The minimum Gasteiger partial charge on any atom is -0.497 e. The lowest BCUT2D eigenvalue weighted by Gasteiger charge is -2.31. The van der Waals surface area contributed by atoms with Crippen LogP contribution in [0.1, 0.15) is 52.0 Å². The van der Waals surface area contributed by atoms with E-state index in [4.69, 9.17) is 21.1 Å². The van der Waals surface area contributed by atoms with Gasteiger partial charge in [-0.15, -0.1) is 0 Å². The van der Waals surface area contributed by atoms with E-state index >= 15 is 0 Å². The second kappa shape index (κ2) is 13.7. The standard InChI is InChI=1S/C26H35ClN2O4/c1-5-19(3)28-26(31)24(6-2)29(18-20-9-13-22(32-4)14-10-20)25(30)8-7-17-33-23-15-11-21(27)12-16-23/h9-16,19,24H,5-8,17-18H2,1-4H3,(H,28,31)/t19-,24-/m1/s1. The Morgan fingerprint density at radius 2 is 1.64 bits per heavy atom. The van der Waals surface area contributed by atoms with Crippen LogP contribution in [0.3, 0.4) is 0 Å². The summed E-state index contributed by atoms with van der Waals surface area (Å²) in [5.41, 5.74) is 0.941. The van der Waals surface area contributed by atoms with Crippen LogP contribution in [0.25, 0.3) is 0 Å². The maximum atomic E-state index is 13.2. The molecule has 1 N–H and O–H groups in total. The number of hydrogen-bond donors (Lipinski definition) is 1. The van der Waals surface area contributed by atoms with E-state index in [1.54, 1.807) is 36.3 Å². The van der Waals surface area contributed by atoms with Gasteiger partial charge >= 0.3 is 0 Å². The van der Waals surface area contributed by atoms with Crippen molar-refractivity contribution in [3.63, 3.8) is 0 Å². The second-order valence-corrected chi connectivity index (χ2v) is 8.45. The average molecular weight is 475 g/mol. The molecule has 2 rings (SSSR count). The van der Waals surface area contributed by atoms with E-state index < -0.39 is 6.04 Å². The molecule has 0 aliphatic rings. The molecule has 0 heterocycles. The summed E-state index contributed by atoms with van der Waals surface area (Å²) in [4.78, 5) is 27.9. The molecule has 2 aromatic carbocycles. The second-order valence-electron chi connectivity index (χ2n) is 8.02. The smallest absolute Gasteiger partial charge is 0.243 e. The summed E-state index contributed by atoms with van der Waals surface area (Å²) in [6, 6.07) is 14.2. The first-order valence-corrected chi connectivity index (χ1v) is 11.9. The molecule has 2 amide bonds. The lowest BCUT2D eigenvalue weighted by molar-refractivity contribution is -0.141. The lowest BCUT2D eigenvalue weighted by Crippen LogP contribution is -2.50. The van der Waals surface area contributed by atoms with E-state index in [1.165, 1.54) is 0 Å². The maximum absolute atomic E-state index is 13.2. The molecule has 2 aromatic rings. The topological polar surface area (TPSA) is 67.9 Å². The van der Waals surface area contributed by atoms with Crippen molar-refractivity contribution in [3.8, 4) is 11.5 Å². The number of benzene rings is 2. The third kappa shape index (κ3) is 8.61. The fourth-order valence-corrected chi connectivity index (χ4v) is 3.50. The van der Waals surface area contributed by atoms with Gasteiger partial charge in [0.05, 0.1) is 13.7 Å². The van der Waals surface area contributed by atoms with Gasteiger partial charge in [0.2, 0.25) is 11.8 Å². The number of carbonyl (C=O) groups is 2. The monoisotopic (exact) mass is 474 g/mol. The Morgan fingerprint density at radius 3 is 2.21 bits per heavy atom. The predicted octanol–water partition coefficient (Wildman–Crippen LogP) is 5.23. The Morgan fingerprint density at radius 1 is 1.00 bits per heavy atom. The molecule has 0 fully saturated rings. The number of methoxy groups -OCH3 is 1.